The fourth-order valence-electron chi connectivity index (χ4n) is 1.30. The van der Waals surface area contributed by atoms with E-state index in [0.717, 1.165) is 12.1 Å². The van der Waals surface area contributed by atoms with Crippen molar-refractivity contribution in [2.24, 2.45) is 0 Å². The molecule has 21 heavy (non-hydrogen) atoms. The van der Waals surface area contributed by atoms with Crippen molar-refractivity contribution >= 4 is 29.4 Å². The van der Waals surface area contributed by atoms with E-state index in [0.29, 0.717) is 0 Å². The number of aromatic hydroxyl groups is 1. The molecular formula is C10H8BF3O6S. The van der Waals surface area contributed by atoms with Gasteiger partial charge in [0, 0.05) is 0 Å². The van der Waals surface area contributed by atoms with Gasteiger partial charge in [-0.25, -0.2) is 4.79 Å². The van der Waals surface area contributed by atoms with Crippen LogP contribution < -0.4 is 5.46 Å². The maximum absolute atomic E-state index is 12.6. The van der Waals surface area contributed by atoms with Crippen LogP contribution in [0.4, 0.5) is 13.2 Å². The Labute approximate surface area is 118 Å². The Balaban J connectivity index is 3.03. The lowest BCUT2D eigenvalue weighted by Gasteiger charge is -2.19. The second kappa shape index (κ2) is 5.94. The van der Waals surface area contributed by atoms with Crippen molar-refractivity contribution in [3.63, 3.8) is 0 Å². The highest BCUT2D eigenvalue weighted by Gasteiger charge is 2.45. The molecule has 0 saturated carbocycles. The van der Waals surface area contributed by atoms with E-state index in [1.807, 2.05) is 0 Å². The van der Waals surface area contributed by atoms with E-state index in [2.05, 4.69) is 4.74 Å². The molecule has 0 bridgehead atoms. The van der Waals surface area contributed by atoms with Crippen LogP contribution in [-0.2, 0) is 14.9 Å². The zero-order valence-corrected chi connectivity index (χ0v) is 11.0. The largest absolute Gasteiger partial charge is 0.507 e. The molecule has 1 unspecified atom stereocenters. The Bertz CT molecular complexity index is 643. The molecule has 0 aliphatic heterocycles. The molecule has 0 aromatic heterocycles. The molecule has 114 valence electrons. The minimum Gasteiger partial charge on any atom is -0.507 e. The Hall–Kier alpha value is -1.75. The third-order valence-electron chi connectivity index (χ3n) is 2.22. The van der Waals surface area contributed by atoms with E-state index >= 15 is 0 Å². The molecule has 2 radical (unpaired) electrons. The van der Waals surface area contributed by atoms with Gasteiger partial charge in [0.2, 0.25) is 6.10 Å². The van der Waals surface area contributed by atoms with E-state index in [-0.39, 0.29) is 5.46 Å². The smallest absolute Gasteiger partial charge is 0.426 e. The lowest BCUT2D eigenvalue weighted by atomic mass is 9.94. The normalized spacial score (nSPS) is 13.7. The monoisotopic (exact) mass is 324 g/mol. The Morgan fingerprint density at radius 2 is 1.95 bits per heavy atom. The van der Waals surface area contributed by atoms with Gasteiger partial charge in [-0.3, -0.25) is 4.55 Å². The maximum atomic E-state index is 12.6. The van der Waals surface area contributed by atoms with Gasteiger partial charge in [0.05, 0.1) is 0 Å². The van der Waals surface area contributed by atoms with E-state index in [9.17, 15) is 31.5 Å². The highest BCUT2D eigenvalue weighted by Crippen LogP contribution is 2.26. The first-order chi connectivity index (χ1) is 9.40. The Morgan fingerprint density at radius 1 is 1.38 bits per heavy atom. The molecule has 0 aliphatic rings. The number of phenolic OH excluding ortho intramolecular Hbond substituents is 1. The zero-order valence-electron chi connectivity index (χ0n) is 10.2. The average molecular weight is 324 g/mol. The van der Waals surface area contributed by atoms with Gasteiger partial charge in [-0.2, -0.15) is 21.6 Å². The summed E-state index contributed by atoms with van der Waals surface area (Å²) in [6.45, 7) is 0. The molecule has 1 rings (SSSR count). The quantitative estimate of drug-likeness (QED) is 0.465. The van der Waals surface area contributed by atoms with Crippen LogP contribution in [0.5, 0.6) is 5.75 Å². The highest BCUT2D eigenvalue weighted by atomic mass is 32.2. The predicted molar refractivity (Wildman–Crippen MR) is 65.2 cm³/mol. The summed E-state index contributed by atoms with van der Waals surface area (Å²) in [5.41, 5.74) is -0.697. The summed E-state index contributed by atoms with van der Waals surface area (Å²) in [4.78, 5) is 11.5. The summed E-state index contributed by atoms with van der Waals surface area (Å²) in [6, 6.07) is 3.00. The van der Waals surface area contributed by atoms with Crippen LogP contribution in [0, 0.1) is 0 Å². The third kappa shape index (κ3) is 5.27. The van der Waals surface area contributed by atoms with Gasteiger partial charge < -0.3 is 9.84 Å². The minimum atomic E-state index is -5.22. The van der Waals surface area contributed by atoms with E-state index in [1.165, 1.54) is 6.07 Å². The molecule has 0 fully saturated rings. The number of hydrogen-bond donors (Lipinski definition) is 2. The molecule has 6 nitrogen and oxygen atoms in total. The van der Waals surface area contributed by atoms with Gasteiger partial charge in [0.15, 0.2) is 0 Å². The van der Waals surface area contributed by atoms with E-state index in [4.69, 9.17) is 12.4 Å². The van der Waals surface area contributed by atoms with Crippen molar-refractivity contribution in [1.29, 1.82) is 0 Å². The summed E-state index contributed by atoms with van der Waals surface area (Å²) < 4.78 is 71.2. The number of carbonyl (C=O) groups excluding carboxylic acids is 1. The average Bonchev–Trinajstić information content (AvgIpc) is 2.28. The molecule has 1 atom stereocenters. The van der Waals surface area contributed by atoms with Crippen molar-refractivity contribution in [3.8, 4) is 5.75 Å². The first-order valence-corrected chi connectivity index (χ1v) is 6.82. The fraction of sp³-hybridized carbons (Fsp3) is 0.300. The molecular weight excluding hydrogens is 316 g/mol. The van der Waals surface area contributed by atoms with Crippen molar-refractivity contribution in [1.82, 2.24) is 0 Å². The zero-order chi connectivity index (χ0) is 16.4. The lowest BCUT2D eigenvalue weighted by molar-refractivity contribution is -0.197. The van der Waals surface area contributed by atoms with Crippen LogP contribution in [0.2, 0.25) is 0 Å². The van der Waals surface area contributed by atoms with E-state index in [1.54, 1.807) is 0 Å². The van der Waals surface area contributed by atoms with Gasteiger partial charge in [0.1, 0.15) is 24.9 Å². The number of ether oxygens (including phenoxy) is 1. The van der Waals surface area contributed by atoms with Gasteiger partial charge in [-0.05, 0) is 6.07 Å². The van der Waals surface area contributed by atoms with Crippen LogP contribution in [0.25, 0.3) is 0 Å². The van der Waals surface area contributed by atoms with Gasteiger partial charge in [0.25, 0.3) is 10.1 Å². The molecule has 11 heteroatoms. The summed E-state index contributed by atoms with van der Waals surface area (Å²) in [7, 11) is 0.270. The van der Waals surface area contributed by atoms with Crippen LogP contribution in [0.3, 0.4) is 0 Å². The predicted octanol–water partition coefficient (Wildman–Crippen LogP) is 0.162. The van der Waals surface area contributed by atoms with Gasteiger partial charge in [-0.15, -0.1) is 0 Å². The van der Waals surface area contributed by atoms with Crippen LogP contribution in [0.15, 0.2) is 18.2 Å². The summed E-state index contributed by atoms with van der Waals surface area (Å²) in [5, 5.41) is 9.35. The standard InChI is InChI=1S/C10H8BF3O6S/c11-5-1-2-7(15)6(3-5)9(16)20-8(10(12,13)14)4-21(17,18)19/h1-3,8,15H,4H2,(H,17,18,19). The van der Waals surface area contributed by atoms with Crippen LogP contribution >= 0.6 is 0 Å². The first kappa shape index (κ1) is 17.3. The molecule has 0 aliphatic carbocycles. The number of halogens is 3. The molecule has 0 spiro atoms. The topological polar surface area (TPSA) is 101 Å². The maximum Gasteiger partial charge on any atom is 0.426 e. The summed E-state index contributed by atoms with van der Waals surface area (Å²) >= 11 is 0. The third-order valence-corrected chi connectivity index (χ3v) is 2.94. The minimum absolute atomic E-state index is 0.0295. The van der Waals surface area contributed by atoms with Crippen molar-refractivity contribution in [2.45, 2.75) is 12.3 Å². The first-order valence-electron chi connectivity index (χ1n) is 5.21. The number of hydrogen-bond acceptors (Lipinski definition) is 5. The number of alkyl halides is 3. The molecule has 0 heterocycles. The number of esters is 1. The van der Waals surface area contributed by atoms with Crippen molar-refractivity contribution < 1.29 is 40.8 Å². The second-order valence-electron chi connectivity index (χ2n) is 3.96. The fourth-order valence-corrected chi connectivity index (χ4v) is 1.94. The number of benzene rings is 1. The molecule has 1 aromatic carbocycles. The Kier molecular flexibility index (Phi) is 4.89. The van der Waals surface area contributed by atoms with E-state index < -0.39 is 45.4 Å². The summed E-state index contributed by atoms with van der Waals surface area (Å²) in [5.74, 6) is -4.18. The van der Waals surface area contributed by atoms with Crippen LogP contribution in [0.1, 0.15) is 10.4 Å². The molecule has 0 saturated heterocycles. The molecule has 2 N–H and O–H groups in total. The Morgan fingerprint density at radius 3 is 2.43 bits per heavy atom. The number of carbonyl (C=O) groups is 1. The SMILES string of the molecule is [B]c1ccc(O)c(C(=O)OC(CS(=O)(=O)O)C(F)(F)F)c1. The second-order valence-corrected chi connectivity index (χ2v) is 5.46. The highest BCUT2D eigenvalue weighted by molar-refractivity contribution is 7.85. The van der Waals surface area contributed by atoms with Crippen LogP contribution in [-0.4, -0.2) is 49.9 Å². The van der Waals surface area contributed by atoms with Crippen molar-refractivity contribution in [3.05, 3.63) is 23.8 Å². The van der Waals surface area contributed by atoms with Gasteiger partial charge in [-0.1, -0.05) is 17.6 Å². The van der Waals surface area contributed by atoms with Gasteiger partial charge >= 0.3 is 12.1 Å². The molecule has 0 amide bonds. The number of phenols is 1. The number of rotatable bonds is 4. The molecule has 1 aromatic rings. The van der Waals surface area contributed by atoms with Crippen molar-refractivity contribution in [2.75, 3.05) is 5.75 Å². The lowest BCUT2D eigenvalue weighted by Crippen LogP contribution is -2.39. The summed E-state index contributed by atoms with van der Waals surface area (Å²) in [6.07, 6.45) is -8.30.